The zero-order chi connectivity index (χ0) is 21.3. The number of nitrogens with zero attached hydrogens (tertiary/aromatic N) is 3. The molecule has 0 fully saturated rings. The predicted molar refractivity (Wildman–Crippen MR) is 113 cm³/mol. The molecule has 0 atom stereocenters. The van der Waals surface area contributed by atoms with Crippen molar-refractivity contribution in [1.82, 2.24) is 9.38 Å². The topological polar surface area (TPSA) is 98.8 Å². The van der Waals surface area contributed by atoms with Gasteiger partial charge < -0.3 is 14.5 Å². The summed E-state index contributed by atoms with van der Waals surface area (Å²) in [5.74, 6) is 0.425. The van der Waals surface area contributed by atoms with Gasteiger partial charge in [-0.3, -0.25) is 14.9 Å². The first-order chi connectivity index (χ1) is 14.5. The van der Waals surface area contributed by atoms with Gasteiger partial charge in [0.05, 0.1) is 23.4 Å². The van der Waals surface area contributed by atoms with E-state index in [2.05, 4.69) is 10.3 Å². The van der Waals surface area contributed by atoms with Gasteiger partial charge in [-0.25, -0.2) is 4.98 Å². The lowest BCUT2D eigenvalue weighted by atomic mass is 10.1. The first kappa shape index (κ1) is 19.1. The number of amides is 1. The number of fused-ring (bicyclic) bond motifs is 1. The van der Waals surface area contributed by atoms with Crippen LogP contribution < -0.4 is 10.1 Å². The van der Waals surface area contributed by atoms with Gasteiger partial charge in [0.15, 0.2) is 0 Å². The van der Waals surface area contributed by atoms with Gasteiger partial charge in [0.25, 0.3) is 11.6 Å². The van der Waals surface area contributed by atoms with Crippen LogP contribution in [0.3, 0.4) is 0 Å². The summed E-state index contributed by atoms with van der Waals surface area (Å²) in [5.41, 5.74) is 4.36. The molecule has 0 aliphatic heterocycles. The maximum Gasteiger partial charge on any atom is 0.269 e. The summed E-state index contributed by atoms with van der Waals surface area (Å²) >= 11 is 0. The number of nitrogens with one attached hydrogen (secondary N) is 1. The van der Waals surface area contributed by atoms with E-state index in [1.165, 1.54) is 24.3 Å². The van der Waals surface area contributed by atoms with E-state index < -0.39 is 4.92 Å². The number of aryl methyl sites for hydroxylation is 1. The standard InChI is InChI=1S/C22H18N4O4/c1-14-21(15-5-10-19(30-2)11-6-15)24-20-12-7-17(13-25(14)20)23-22(27)16-3-8-18(9-4-16)26(28)29/h3-13H,1-2H3,(H,23,27). The molecular formula is C22H18N4O4. The van der Waals surface area contributed by atoms with Crippen LogP contribution >= 0.6 is 0 Å². The number of rotatable bonds is 5. The molecule has 0 aliphatic rings. The maximum absolute atomic E-state index is 12.5. The SMILES string of the molecule is COc1ccc(-c2nc3ccc(NC(=O)c4ccc([N+](=O)[O-])cc4)cn3c2C)cc1. The first-order valence-corrected chi connectivity index (χ1v) is 9.15. The van der Waals surface area contributed by atoms with Crippen molar-refractivity contribution in [3.63, 3.8) is 0 Å². The Bertz CT molecular complexity index is 1240. The van der Waals surface area contributed by atoms with E-state index in [1.807, 2.05) is 41.7 Å². The van der Waals surface area contributed by atoms with E-state index in [9.17, 15) is 14.9 Å². The monoisotopic (exact) mass is 402 g/mol. The fourth-order valence-corrected chi connectivity index (χ4v) is 3.20. The molecule has 1 amide bonds. The first-order valence-electron chi connectivity index (χ1n) is 9.15. The quantitative estimate of drug-likeness (QED) is 0.392. The smallest absolute Gasteiger partial charge is 0.269 e. The summed E-state index contributed by atoms with van der Waals surface area (Å²) in [7, 11) is 1.62. The van der Waals surface area contributed by atoms with Crippen molar-refractivity contribution in [3.8, 4) is 17.0 Å². The summed E-state index contributed by atoms with van der Waals surface area (Å²) in [6.07, 6.45) is 1.80. The lowest BCUT2D eigenvalue weighted by Gasteiger charge is -2.07. The molecule has 0 radical (unpaired) electrons. The minimum absolute atomic E-state index is 0.0620. The zero-order valence-corrected chi connectivity index (χ0v) is 16.3. The van der Waals surface area contributed by atoms with E-state index in [0.717, 1.165) is 28.3 Å². The van der Waals surface area contributed by atoms with Gasteiger partial charge in [0.1, 0.15) is 11.4 Å². The van der Waals surface area contributed by atoms with Crippen molar-refractivity contribution >= 4 is 22.9 Å². The number of benzene rings is 2. The van der Waals surface area contributed by atoms with E-state index in [-0.39, 0.29) is 11.6 Å². The lowest BCUT2D eigenvalue weighted by Crippen LogP contribution is -2.12. The second-order valence-corrected chi connectivity index (χ2v) is 6.68. The van der Waals surface area contributed by atoms with Gasteiger partial charge >= 0.3 is 0 Å². The Balaban J connectivity index is 1.60. The van der Waals surface area contributed by atoms with Gasteiger partial charge in [-0.1, -0.05) is 0 Å². The summed E-state index contributed by atoms with van der Waals surface area (Å²) < 4.78 is 7.11. The minimum Gasteiger partial charge on any atom is -0.497 e. The van der Waals surface area contributed by atoms with Gasteiger partial charge in [-0.2, -0.15) is 0 Å². The number of non-ortho nitro benzene ring substituents is 1. The van der Waals surface area contributed by atoms with E-state index >= 15 is 0 Å². The highest BCUT2D eigenvalue weighted by molar-refractivity contribution is 6.04. The molecule has 2 aromatic heterocycles. The second-order valence-electron chi connectivity index (χ2n) is 6.68. The molecule has 0 saturated carbocycles. The Morgan fingerprint density at radius 3 is 2.40 bits per heavy atom. The van der Waals surface area contributed by atoms with Gasteiger partial charge in [-0.15, -0.1) is 0 Å². The molecule has 0 bridgehead atoms. The van der Waals surface area contributed by atoms with Gasteiger partial charge in [0.2, 0.25) is 0 Å². The maximum atomic E-state index is 12.5. The molecule has 0 saturated heterocycles. The Morgan fingerprint density at radius 2 is 1.77 bits per heavy atom. The van der Waals surface area contributed by atoms with Crippen LogP contribution in [-0.2, 0) is 0 Å². The van der Waals surface area contributed by atoms with E-state index in [0.29, 0.717) is 11.3 Å². The largest absolute Gasteiger partial charge is 0.497 e. The molecule has 1 N–H and O–H groups in total. The average molecular weight is 402 g/mol. The molecule has 8 nitrogen and oxygen atoms in total. The highest BCUT2D eigenvalue weighted by Gasteiger charge is 2.13. The lowest BCUT2D eigenvalue weighted by molar-refractivity contribution is -0.384. The van der Waals surface area contributed by atoms with Crippen LogP contribution in [0.2, 0.25) is 0 Å². The molecule has 0 unspecified atom stereocenters. The molecule has 0 aliphatic carbocycles. The Labute approximate surface area is 171 Å². The van der Waals surface area contributed by atoms with Crippen LogP contribution in [0.1, 0.15) is 16.1 Å². The number of ether oxygens (including phenoxy) is 1. The third-order valence-electron chi connectivity index (χ3n) is 4.82. The highest BCUT2D eigenvalue weighted by atomic mass is 16.6. The number of hydrogen-bond acceptors (Lipinski definition) is 5. The number of pyridine rings is 1. The van der Waals surface area contributed by atoms with Crippen molar-refractivity contribution in [2.24, 2.45) is 0 Å². The van der Waals surface area contributed by atoms with Crippen LogP contribution in [0.4, 0.5) is 11.4 Å². The Kier molecular flexibility index (Phi) is 4.89. The molecule has 2 heterocycles. The molecule has 30 heavy (non-hydrogen) atoms. The molecule has 4 rings (SSSR count). The van der Waals surface area contributed by atoms with Gasteiger partial charge in [-0.05, 0) is 55.5 Å². The van der Waals surface area contributed by atoms with Crippen molar-refractivity contribution in [1.29, 1.82) is 0 Å². The normalized spacial score (nSPS) is 10.7. The number of anilines is 1. The second kappa shape index (κ2) is 7.67. The van der Waals surface area contributed by atoms with Crippen molar-refractivity contribution in [2.45, 2.75) is 6.92 Å². The number of nitro groups is 1. The Morgan fingerprint density at radius 1 is 1.07 bits per heavy atom. The van der Waals surface area contributed by atoms with E-state index in [4.69, 9.17) is 4.74 Å². The third kappa shape index (κ3) is 3.58. The van der Waals surface area contributed by atoms with Crippen LogP contribution in [0.25, 0.3) is 16.9 Å². The fraction of sp³-hybridized carbons (Fsp3) is 0.0909. The highest BCUT2D eigenvalue weighted by Crippen LogP contribution is 2.27. The van der Waals surface area contributed by atoms with Gasteiger partial charge in [0, 0.05) is 35.2 Å². The summed E-state index contributed by atoms with van der Waals surface area (Å²) in [5, 5.41) is 13.6. The number of carbonyl (C=O) groups is 1. The molecule has 4 aromatic rings. The molecule has 8 heteroatoms. The summed E-state index contributed by atoms with van der Waals surface area (Å²) in [6.45, 7) is 1.96. The number of carbonyl (C=O) groups excluding carboxylic acids is 1. The summed E-state index contributed by atoms with van der Waals surface area (Å²) in [4.78, 5) is 27.4. The number of hydrogen-bond donors (Lipinski definition) is 1. The summed E-state index contributed by atoms with van der Waals surface area (Å²) in [6, 6.07) is 16.7. The third-order valence-corrected chi connectivity index (χ3v) is 4.82. The number of nitro benzene ring substituents is 1. The fourth-order valence-electron chi connectivity index (χ4n) is 3.20. The zero-order valence-electron chi connectivity index (χ0n) is 16.3. The van der Waals surface area contributed by atoms with Crippen LogP contribution in [-0.4, -0.2) is 27.3 Å². The number of imidazole rings is 1. The Hall–Kier alpha value is -4.20. The van der Waals surface area contributed by atoms with Crippen LogP contribution in [0.5, 0.6) is 5.75 Å². The van der Waals surface area contributed by atoms with Crippen molar-refractivity contribution in [3.05, 3.63) is 88.2 Å². The van der Waals surface area contributed by atoms with Crippen molar-refractivity contribution in [2.75, 3.05) is 12.4 Å². The number of methoxy groups -OCH3 is 1. The number of aromatic nitrogens is 2. The minimum atomic E-state index is -0.502. The van der Waals surface area contributed by atoms with Crippen LogP contribution in [0, 0.1) is 17.0 Å². The van der Waals surface area contributed by atoms with Crippen LogP contribution in [0.15, 0.2) is 66.9 Å². The molecule has 0 spiro atoms. The van der Waals surface area contributed by atoms with Crippen molar-refractivity contribution < 1.29 is 14.5 Å². The molecular weight excluding hydrogens is 384 g/mol. The molecule has 150 valence electrons. The molecule has 2 aromatic carbocycles. The van der Waals surface area contributed by atoms with E-state index in [1.54, 1.807) is 19.4 Å². The predicted octanol–water partition coefficient (Wildman–Crippen LogP) is 4.48. The average Bonchev–Trinajstić information content (AvgIpc) is 3.10.